The van der Waals surface area contributed by atoms with Crippen molar-refractivity contribution in [2.75, 3.05) is 13.1 Å². The second kappa shape index (κ2) is 6.69. The van der Waals surface area contributed by atoms with Crippen molar-refractivity contribution in [1.82, 2.24) is 19.7 Å². The van der Waals surface area contributed by atoms with E-state index in [9.17, 15) is 9.59 Å². The van der Waals surface area contributed by atoms with E-state index in [-0.39, 0.29) is 11.7 Å². The lowest BCUT2D eigenvalue weighted by Crippen LogP contribution is -2.43. The van der Waals surface area contributed by atoms with E-state index in [1.165, 1.54) is 0 Å². The van der Waals surface area contributed by atoms with Crippen molar-refractivity contribution in [2.24, 2.45) is 7.05 Å². The molecule has 0 aliphatic carbocycles. The first-order valence-electron chi connectivity index (χ1n) is 9.93. The zero-order valence-electron chi connectivity index (χ0n) is 16.3. The molecule has 5 rings (SSSR count). The summed E-state index contributed by atoms with van der Waals surface area (Å²) >= 11 is 0. The fraction of sp³-hybridized carbons (Fsp3) is 0.364. The Morgan fingerprint density at radius 1 is 1.17 bits per heavy atom. The topological polar surface area (TPSA) is 77.3 Å². The van der Waals surface area contributed by atoms with Crippen LogP contribution in [0.5, 0.6) is 5.75 Å². The SMILES string of the molecule is Cn1ncc2ncc(C(=O)N3CCCC4(CC3)CC(=O)c3ccccc3O4)cc21. The summed E-state index contributed by atoms with van der Waals surface area (Å²) in [5.41, 5.74) is 2.30. The lowest BCUT2D eigenvalue weighted by Gasteiger charge is -2.37. The summed E-state index contributed by atoms with van der Waals surface area (Å²) in [6.07, 6.45) is 5.87. The van der Waals surface area contributed by atoms with E-state index in [0.717, 1.165) is 23.9 Å². The van der Waals surface area contributed by atoms with Gasteiger partial charge in [0, 0.05) is 32.8 Å². The van der Waals surface area contributed by atoms with Crippen LogP contribution in [0.3, 0.4) is 0 Å². The minimum absolute atomic E-state index is 0.0415. The third-order valence-corrected chi connectivity index (χ3v) is 6.03. The Hall–Kier alpha value is -3.22. The van der Waals surface area contributed by atoms with Crippen LogP contribution in [0.2, 0.25) is 0 Å². The van der Waals surface area contributed by atoms with Crippen LogP contribution in [-0.4, -0.2) is 50.0 Å². The molecule has 0 bridgehead atoms. The molecule has 1 fully saturated rings. The highest BCUT2D eigenvalue weighted by Crippen LogP contribution is 2.39. The van der Waals surface area contributed by atoms with Crippen molar-refractivity contribution in [3.63, 3.8) is 0 Å². The Morgan fingerprint density at radius 2 is 2.03 bits per heavy atom. The number of carbonyl (C=O) groups excluding carboxylic acids is 2. The second-order valence-electron chi connectivity index (χ2n) is 7.92. The first-order valence-corrected chi connectivity index (χ1v) is 9.93. The lowest BCUT2D eigenvalue weighted by molar-refractivity contribution is 0.0300. The maximum absolute atomic E-state index is 13.1. The van der Waals surface area contributed by atoms with Crippen LogP contribution in [0.15, 0.2) is 42.7 Å². The molecule has 0 radical (unpaired) electrons. The number of ether oxygens (including phenoxy) is 1. The summed E-state index contributed by atoms with van der Waals surface area (Å²) in [5.74, 6) is 0.743. The number of aromatic nitrogens is 3. The summed E-state index contributed by atoms with van der Waals surface area (Å²) in [6, 6.07) is 9.27. The molecule has 2 aliphatic rings. The number of likely N-dealkylation sites (tertiary alicyclic amines) is 1. The molecule has 7 heteroatoms. The average Bonchev–Trinajstić information content (AvgIpc) is 2.98. The van der Waals surface area contributed by atoms with Gasteiger partial charge in [-0.3, -0.25) is 19.3 Å². The molecular weight excluding hydrogens is 368 g/mol. The molecule has 7 nitrogen and oxygen atoms in total. The van der Waals surface area contributed by atoms with Gasteiger partial charge in [-0.05, 0) is 31.0 Å². The van der Waals surface area contributed by atoms with Crippen molar-refractivity contribution < 1.29 is 14.3 Å². The molecule has 3 aromatic rings. The molecule has 29 heavy (non-hydrogen) atoms. The highest BCUT2D eigenvalue weighted by atomic mass is 16.5. The number of hydrogen-bond donors (Lipinski definition) is 0. The first kappa shape index (κ1) is 17.8. The maximum atomic E-state index is 13.1. The molecule has 2 aliphatic heterocycles. The van der Waals surface area contributed by atoms with Crippen LogP contribution in [0, 0.1) is 0 Å². The van der Waals surface area contributed by atoms with E-state index in [1.807, 2.05) is 42.3 Å². The number of amides is 1. The minimum Gasteiger partial charge on any atom is -0.486 e. The summed E-state index contributed by atoms with van der Waals surface area (Å²) < 4.78 is 8.04. The summed E-state index contributed by atoms with van der Waals surface area (Å²) in [4.78, 5) is 32.0. The first-order chi connectivity index (χ1) is 14.0. The Bertz CT molecular complexity index is 1120. The van der Waals surface area contributed by atoms with Crippen LogP contribution in [0.25, 0.3) is 11.0 Å². The van der Waals surface area contributed by atoms with Gasteiger partial charge in [0.25, 0.3) is 5.91 Å². The second-order valence-corrected chi connectivity index (χ2v) is 7.92. The average molecular weight is 390 g/mol. The third kappa shape index (κ3) is 3.06. The van der Waals surface area contributed by atoms with Crippen LogP contribution >= 0.6 is 0 Å². The molecule has 4 heterocycles. The highest BCUT2D eigenvalue weighted by molar-refractivity contribution is 6.00. The smallest absolute Gasteiger partial charge is 0.255 e. The van der Waals surface area contributed by atoms with Crippen molar-refractivity contribution in [1.29, 1.82) is 0 Å². The standard InChI is InChI=1S/C22H22N4O3/c1-25-18-11-15(13-23-17(18)14-24-25)21(28)26-9-4-7-22(8-10-26)12-19(27)16-5-2-3-6-20(16)29-22/h2-3,5-6,11,13-14H,4,7-10,12H2,1H3. The van der Waals surface area contributed by atoms with Gasteiger partial charge in [0.2, 0.25) is 0 Å². The fourth-order valence-electron chi connectivity index (χ4n) is 4.42. The Balaban J connectivity index is 1.36. The van der Waals surface area contributed by atoms with E-state index in [1.54, 1.807) is 17.1 Å². The molecule has 1 amide bonds. The van der Waals surface area contributed by atoms with E-state index >= 15 is 0 Å². The normalized spacial score (nSPS) is 21.7. The molecule has 148 valence electrons. The number of aryl methyl sites for hydroxylation is 1. The number of Topliss-reactive ketones (excluding diaryl/α,β-unsaturated/α-hetero) is 1. The van der Waals surface area contributed by atoms with Gasteiger partial charge in [0.1, 0.15) is 16.9 Å². The number of fused-ring (bicyclic) bond motifs is 2. The van der Waals surface area contributed by atoms with Gasteiger partial charge in [-0.2, -0.15) is 5.10 Å². The van der Waals surface area contributed by atoms with Gasteiger partial charge in [-0.15, -0.1) is 0 Å². The molecule has 0 N–H and O–H groups in total. The lowest BCUT2D eigenvalue weighted by atomic mass is 9.84. The predicted octanol–water partition coefficient (Wildman–Crippen LogP) is 3.00. The largest absolute Gasteiger partial charge is 0.486 e. The highest BCUT2D eigenvalue weighted by Gasteiger charge is 2.42. The summed E-state index contributed by atoms with van der Waals surface area (Å²) in [5, 5.41) is 4.19. The fourth-order valence-corrected chi connectivity index (χ4v) is 4.42. The number of ketones is 1. The van der Waals surface area contributed by atoms with Crippen LogP contribution in [-0.2, 0) is 7.05 Å². The molecule has 1 spiro atoms. The summed E-state index contributed by atoms with van der Waals surface area (Å²) in [6.45, 7) is 1.20. The maximum Gasteiger partial charge on any atom is 0.255 e. The zero-order chi connectivity index (χ0) is 20.0. The number of rotatable bonds is 1. The quantitative estimate of drug-likeness (QED) is 0.638. The van der Waals surface area contributed by atoms with Gasteiger partial charge in [0.05, 0.1) is 29.3 Å². The molecule has 1 unspecified atom stereocenters. The molecular formula is C22H22N4O3. The minimum atomic E-state index is -0.523. The number of pyridine rings is 1. The predicted molar refractivity (Wildman–Crippen MR) is 107 cm³/mol. The van der Waals surface area contributed by atoms with E-state index in [4.69, 9.17) is 4.74 Å². The molecule has 1 aromatic carbocycles. The van der Waals surface area contributed by atoms with Crippen molar-refractivity contribution in [3.05, 3.63) is 53.9 Å². The van der Waals surface area contributed by atoms with Crippen LogP contribution in [0.4, 0.5) is 0 Å². The van der Waals surface area contributed by atoms with Gasteiger partial charge >= 0.3 is 0 Å². The van der Waals surface area contributed by atoms with Crippen molar-refractivity contribution in [3.8, 4) is 5.75 Å². The number of nitrogens with zero attached hydrogens (tertiary/aromatic N) is 4. The van der Waals surface area contributed by atoms with Gasteiger partial charge in [-0.1, -0.05) is 12.1 Å². The number of hydrogen-bond acceptors (Lipinski definition) is 5. The Kier molecular flexibility index (Phi) is 4.12. The van der Waals surface area contributed by atoms with E-state index in [2.05, 4.69) is 10.1 Å². The number of para-hydroxylation sites is 1. The molecule has 1 atom stereocenters. The molecule has 0 saturated carbocycles. The van der Waals surface area contributed by atoms with Gasteiger partial charge < -0.3 is 9.64 Å². The summed E-state index contributed by atoms with van der Waals surface area (Å²) in [7, 11) is 1.84. The monoisotopic (exact) mass is 390 g/mol. The third-order valence-electron chi connectivity index (χ3n) is 6.03. The van der Waals surface area contributed by atoms with Crippen LogP contribution < -0.4 is 4.74 Å². The van der Waals surface area contributed by atoms with Crippen molar-refractivity contribution in [2.45, 2.75) is 31.3 Å². The number of benzene rings is 1. The molecule has 2 aromatic heterocycles. The Labute approximate surface area is 168 Å². The van der Waals surface area contributed by atoms with E-state index < -0.39 is 5.60 Å². The Morgan fingerprint density at radius 3 is 2.93 bits per heavy atom. The van der Waals surface area contributed by atoms with Crippen LogP contribution in [0.1, 0.15) is 46.4 Å². The number of carbonyl (C=O) groups is 2. The zero-order valence-corrected chi connectivity index (χ0v) is 16.3. The van der Waals surface area contributed by atoms with Gasteiger partial charge in [0.15, 0.2) is 5.78 Å². The molecule has 1 saturated heterocycles. The van der Waals surface area contributed by atoms with Crippen molar-refractivity contribution >= 4 is 22.7 Å². The van der Waals surface area contributed by atoms with Gasteiger partial charge in [-0.25, -0.2) is 0 Å². The van der Waals surface area contributed by atoms with E-state index in [0.29, 0.717) is 42.8 Å².